The van der Waals surface area contributed by atoms with Crippen LogP contribution >= 0.6 is 0 Å². The number of amides is 1. The molecule has 25 heavy (non-hydrogen) atoms. The molecule has 4 rings (SSSR count). The van der Waals surface area contributed by atoms with Gasteiger partial charge < -0.3 is 9.80 Å². The van der Waals surface area contributed by atoms with Crippen molar-refractivity contribution < 1.29 is 4.79 Å². The smallest absolute Gasteiger partial charge is 0.227 e. The van der Waals surface area contributed by atoms with Crippen molar-refractivity contribution in [3.63, 3.8) is 0 Å². The molecule has 2 aliphatic heterocycles. The number of nitrogens with zero attached hydrogens (tertiary/aromatic N) is 4. The molecule has 0 radical (unpaired) electrons. The minimum atomic E-state index is 0.0991. The molecular formula is C20H24N4O. The third kappa shape index (κ3) is 3.50. The van der Waals surface area contributed by atoms with Gasteiger partial charge in [-0.3, -0.25) is 4.79 Å². The molecule has 130 valence electrons. The Morgan fingerprint density at radius 1 is 1.00 bits per heavy atom. The van der Waals surface area contributed by atoms with Crippen molar-refractivity contribution in [2.75, 3.05) is 31.1 Å². The number of likely N-dealkylation sites (tertiary alicyclic amines) is 1. The fourth-order valence-electron chi connectivity index (χ4n) is 3.87. The molecular weight excluding hydrogens is 312 g/mol. The largest absolute Gasteiger partial charge is 0.356 e. The average Bonchev–Trinajstić information content (AvgIpc) is 3.23. The van der Waals surface area contributed by atoms with E-state index in [0.29, 0.717) is 5.91 Å². The summed E-state index contributed by atoms with van der Waals surface area (Å²) in [5.74, 6) is 1.36. The standard InChI is InChI=1S/C20H24N4O/c25-20(23-10-4-5-11-23)17-9-6-12-24(14-17)19-13-18(21-15-22-19)16-7-2-1-3-8-16/h1-3,7-8,13,15,17H,4-6,9-12,14H2. The number of hydrogen-bond acceptors (Lipinski definition) is 4. The minimum absolute atomic E-state index is 0.0991. The van der Waals surface area contributed by atoms with Crippen LogP contribution in [-0.4, -0.2) is 47.0 Å². The van der Waals surface area contributed by atoms with Gasteiger partial charge in [-0.2, -0.15) is 0 Å². The van der Waals surface area contributed by atoms with E-state index in [1.807, 2.05) is 29.2 Å². The summed E-state index contributed by atoms with van der Waals surface area (Å²) in [5, 5.41) is 0. The Hall–Kier alpha value is -2.43. The van der Waals surface area contributed by atoms with E-state index in [9.17, 15) is 4.79 Å². The van der Waals surface area contributed by atoms with Gasteiger partial charge in [0.25, 0.3) is 0 Å². The number of aromatic nitrogens is 2. The van der Waals surface area contributed by atoms with Gasteiger partial charge in [-0.05, 0) is 25.7 Å². The second-order valence-electron chi connectivity index (χ2n) is 6.95. The van der Waals surface area contributed by atoms with E-state index < -0.39 is 0 Å². The highest BCUT2D eigenvalue weighted by Crippen LogP contribution is 2.26. The molecule has 2 saturated heterocycles. The quantitative estimate of drug-likeness (QED) is 0.865. The van der Waals surface area contributed by atoms with Gasteiger partial charge in [0.15, 0.2) is 0 Å². The van der Waals surface area contributed by atoms with Crippen LogP contribution in [0.15, 0.2) is 42.7 Å². The molecule has 2 aromatic rings. The zero-order valence-corrected chi connectivity index (χ0v) is 14.5. The summed E-state index contributed by atoms with van der Waals surface area (Å²) in [7, 11) is 0. The third-order valence-corrected chi connectivity index (χ3v) is 5.23. The van der Waals surface area contributed by atoms with Crippen LogP contribution in [0.4, 0.5) is 5.82 Å². The van der Waals surface area contributed by atoms with Crippen molar-refractivity contribution >= 4 is 11.7 Å². The zero-order valence-electron chi connectivity index (χ0n) is 14.5. The van der Waals surface area contributed by atoms with E-state index in [1.165, 1.54) is 0 Å². The number of anilines is 1. The lowest BCUT2D eigenvalue weighted by atomic mass is 9.96. The number of benzene rings is 1. The monoisotopic (exact) mass is 336 g/mol. The van der Waals surface area contributed by atoms with Gasteiger partial charge in [0.1, 0.15) is 12.1 Å². The fraction of sp³-hybridized carbons (Fsp3) is 0.450. The highest BCUT2D eigenvalue weighted by Gasteiger charge is 2.31. The molecule has 0 N–H and O–H groups in total. The van der Waals surface area contributed by atoms with Crippen LogP contribution in [0.2, 0.25) is 0 Å². The molecule has 2 fully saturated rings. The van der Waals surface area contributed by atoms with Crippen LogP contribution in [0.5, 0.6) is 0 Å². The van der Waals surface area contributed by atoms with Crippen LogP contribution in [-0.2, 0) is 4.79 Å². The molecule has 0 spiro atoms. The summed E-state index contributed by atoms with van der Waals surface area (Å²) >= 11 is 0. The summed E-state index contributed by atoms with van der Waals surface area (Å²) in [6.45, 7) is 3.58. The summed E-state index contributed by atoms with van der Waals surface area (Å²) < 4.78 is 0. The molecule has 3 heterocycles. The highest BCUT2D eigenvalue weighted by atomic mass is 16.2. The Morgan fingerprint density at radius 3 is 2.60 bits per heavy atom. The van der Waals surface area contributed by atoms with Crippen molar-refractivity contribution in [2.24, 2.45) is 5.92 Å². The van der Waals surface area contributed by atoms with Gasteiger partial charge in [-0.15, -0.1) is 0 Å². The van der Waals surface area contributed by atoms with Gasteiger partial charge in [0.2, 0.25) is 5.91 Å². The Labute approximate surface area is 148 Å². The van der Waals surface area contributed by atoms with Gasteiger partial charge in [0.05, 0.1) is 11.6 Å². The predicted molar refractivity (Wildman–Crippen MR) is 98.2 cm³/mol. The number of carbonyl (C=O) groups is 1. The summed E-state index contributed by atoms with van der Waals surface area (Å²) in [5.41, 5.74) is 2.02. The molecule has 2 aliphatic rings. The number of carbonyl (C=O) groups excluding carboxylic acids is 1. The highest BCUT2D eigenvalue weighted by molar-refractivity contribution is 5.80. The summed E-state index contributed by atoms with van der Waals surface area (Å²) in [6, 6.07) is 12.2. The first-order chi connectivity index (χ1) is 12.3. The first kappa shape index (κ1) is 16.1. The molecule has 0 bridgehead atoms. The molecule has 1 unspecified atom stereocenters. The normalized spacial score (nSPS) is 20.7. The van der Waals surface area contributed by atoms with Gasteiger partial charge in [0, 0.05) is 37.8 Å². The minimum Gasteiger partial charge on any atom is -0.356 e. The van der Waals surface area contributed by atoms with E-state index >= 15 is 0 Å². The van der Waals surface area contributed by atoms with E-state index in [0.717, 1.165) is 68.9 Å². The molecule has 1 atom stereocenters. The van der Waals surface area contributed by atoms with E-state index in [1.54, 1.807) is 6.33 Å². The average molecular weight is 336 g/mol. The molecule has 1 amide bonds. The first-order valence-electron chi connectivity index (χ1n) is 9.22. The van der Waals surface area contributed by atoms with Crippen molar-refractivity contribution in [1.29, 1.82) is 0 Å². The summed E-state index contributed by atoms with van der Waals surface area (Å²) in [6.07, 6.45) is 5.95. The van der Waals surface area contributed by atoms with E-state index in [2.05, 4.69) is 27.0 Å². The lowest BCUT2D eigenvalue weighted by Crippen LogP contribution is -2.44. The fourth-order valence-corrected chi connectivity index (χ4v) is 3.87. The van der Waals surface area contributed by atoms with Crippen molar-refractivity contribution in [3.8, 4) is 11.3 Å². The second kappa shape index (κ2) is 7.21. The SMILES string of the molecule is O=C(C1CCCN(c2cc(-c3ccccc3)ncn2)C1)N1CCCC1. The van der Waals surface area contributed by atoms with Crippen LogP contribution in [0.1, 0.15) is 25.7 Å². The molecule has 1 aromatic heterocycles. The molecule has 5 heteroatoms. The Balaban J connectivity index is 1.50. The first-order valence-corrected chi connectivity index (χ1v) is 9.22. The number of piperidine rings is 1. The molecule has 0 aliphatic carbocycles. The van der Waals surface area contributed by atoms with Crippen molar-refractivity contribution in [1.82, 2.24) is 14.9 Å². The molecule has 0 saturated carbocycles. The maximum atomic E-state index is 12.7. The third-order valence-electron chi connectivity index (χ3n) is 5.23. The van der Waals surface area contributed by atoms with E-state index in [-0.39, 0.29) is 5.92 Å². The predicted octanol–water partition coefficient (Wildman–Crippen LogP) is 2.98. The number of rotatable bonds is 3. The summed E-state index contributed by atoms with van der Waals surface area (Å²) in [4.78, 5) is 25.9. The lowest BCUT2D eigenvalue weighted by Gasteiger charge is -2.34. The van der Waals surface area contributed by atoms with Crippen LogP contribution in [0, 0.1) is 5.92 Å². The lowest BCUT2D eigenvalue weighted by molar-refractivity contribution is -0.134. The second-order valence-corrected chi connectivity index (χ2v) is 6.95. The van der Waals surface area contributed by atoms with Gasteiger partial charge in [-0.1, -0.05) is 30.3 Å². The Morgan fingerprint density at radius 2 is 1.80 bits per heavy atom. The van der Waals surface area contributed by atoms with Gasteiger partial charge in [-0.25, -0.2) is 9.97 Å². The Kier molecular flexibility index (Phi) is 4.63. The van der Waals surface area contributed by atoms with Crippen molar-refractivity contribution in [2.45, 2.75) is 25.7 Å². The van der Waals surface area contributed by atoms with Crippen molar-refractivity contribution in [3.05, 3.63) is 42.7 Å². The molecule has 5 nitrogen and oxygen atoms in total. The number of hydrogen-bond donors (Lipinski definition) is 0. The van der Waals surface area contributed by atoms with Crippen LogP contribution < -0.4 is 4.90 Å². The Bertz CT molecular complexity index is 727. The zero-order chi connectivity index (χ0) is 17.1. The maximum Gasteiger partial charge on any atom is 0.227 e. The van der Waals surface area contributed by atoms with Crippen LogP contribution in [0.25, 0.3) is 11.3 Å². The van der Waals surface area contributed by atoms with E-state index in [4.69, 9.17) is 0 Å². The maximum absolute atomic E-state index is 12.7. The van der Waals surface area contributed by atoms with Crippen LogP contribution in [0.3, 0.4) is 0 Å². The van der Waals surface area contributed by atoms with Gasteiger partial charge >= 0.3 is 0 Å². The molecule has 1 aromatic carbocycles. The topological polar surface area (TPSA) is 49.3 Å².